The van der Waals surface area contributed by atoms with Crippen LogP contribution < -0.4 is 10.0 Å². The molecule has 0 radical (unpaired) electrons. The van der Waals surface area contributed by atoms with E-state index in [2.05, 4.69) is 11.1 Å². The quantitative estimate of drug-likeness (QED) is 0.713. The Balaban J connectivity index is 1.67. The van der Waals surface area contributed by atoms with Crippen LogP contribution in [0.4, 0.5) is 5.69 Å². The number of rotatable bonds is 3. The molecule has 0 spiro atoms. The third kappa shape index (κ3) is 3.34. The number of nitrogens with two attached hydrogens (primary N) is 1. The van der Waals surface area contributed by atoms with Gasteiger partial charge in [-0.2, -0.15) is 0 Å². The highest BCUT2D eigenvalue weighted by Gasteiger charge is 2.28. The fraction of sp³-hybridized carbons (Fsp3) is 0.200. The van der Waals surface area contributed by atoms with E-state index in [1.807, 2.05) is 26.0 Å². The van der Waals surface area contributed by atoms with Gasteiger partial charge in [-0.3, -0.25) is 4.79 Å². The lowest BCUT2D eigenvalue weighted by Gasteiger charge is -2.16. The minimum Gasteiger partial charge on any atom is -0.306 e. The number of hydrogen-bond donors (Lipinski definition) is 1. The number of aryl methyl sites for hydroxylation is 2. The number of amides is 1. The van der Waals surface area contributed by atoms with Crippen LogP contribution in [-0.2, 0) is 16.4 Å². The van der Waals surface area contributed by atoms with E-state index in [1.54, 1.807) is 16.3 Å². The van der Waals surface area contributed by atoms with Gasteiger partial charge in [0.1, 0.15) is 10.7 Å². The molecule has 8 heteroatoms. The highest BCUT2D eigenvalue weighted by Crippen LogP contribution is 2.33. The average molecular weight is 414 g/mol. The maximum Gasteiger partial charge on any atom is 0.277 e. The Morgan fingerprint density at radius 1 is 1.18 bits per heavy atom. The van der Waals surface area contributed by atoms with Gasteiger partial charge < -0.3 is 4.90 Å². The van der Waals surface area contributed by atoms with Crippen LogP contribution in [0.2, 0.25) is 0 Å². The molecule has 28 heavy (non-hydrogen) atoms. The first kappa shape index (κ1) is 18.8. The number of sulfonamides is 1. The number of anilines is 1. The van der Waals surface area contributed by atoms with Crippen molar-refractivity contribution in [3.8, 4) is 10.6 Å². The fourth-order valence-corrected chi connectivity index (χ4v) is 4.85. The minimum atomic E-state index is -3.83. The number of carbonyl (C=O) groups is 1. The normalized spacial score (nSPS) is 13.6. The van der Waals surface area contributed by atoms with Gasteiger partial charge in [0.05, 0.1) is 4.90 Å². The topological polar surface area (TPSA) is 93.4 Å². The molecule has 144 valence electrons. The van der Waals surface area contributed by atoms with Gasteiger partial charge in [0, 0.05) is 23.2 Å². The third-order valence-corrected chi connectivity index (χ3v) is 6.65. The largest absolute Gasteiger partial charge is 0.306 e. The Hall–Kier alpha value is -2.55. The lowest BCUT2D eigenvalue weighted by molar-refractivity contribution is 0.0985. The van der Waals surface area contributed by atoms with Gasteiger partial charge in [0.2, 0.25) is 10.0 Å². The first-order valence-electron chi connectivity index (χ1n) is 8.75. The van der Waals surface area contributed by atoms with E-state index in [0.29, 0.717) is 24.3 Å². The average Bonchev–Trinajstić information content (AvgIpc) is 3.27. The number of carbonyl (C=O) groups excluding carboxylic acids is 1. The summed E-state index contributed by atoms with van der Waals surface area (Å²) in [6, 6.07) is 10.8. The highest BCUT2D eigenvalue weighted by molar-refractivity contribution is 7.89. The second-order valence-electron chi connectivity index (χ2n) is 6.90. The number of benzene rings is 2. The zero-order valence-electron chi connectivity index (χ0n) is 15.5. The van der Waals surface area contributed by atoms with Crippen LogP contribution in [0, 0.1) is 13.8 Å². The van der Waals surface area contributed by atoms with Crippen LogP contribution in [0.25, 0.3) is 10.6 Å². The van der Waals surface area contributed by atoms with Crippen LogP contribution in [0.5, 0.6) is 0 Å². The van der Waals surface area contributed by atoms with Crippen molar-refractivity contribution in [2.45, 2.75) is 25.2 Å². The first-order chi connectivity index (χ1) is 13.2. The molecule has 0 atom stereocenters. The van der Waals surface area contributed by atoms with E-state index in [9.17, 15) is 13.2 Å². The third-order valence-electron chi connectivity index (χ3n) is 4.86. The van der Waals surface area contributed by atoms with E-state index in [1.165, 1.54) is 29.0 Å². The molecule has 0 aliphatic carbocycles. The Morgan fingerprint density at radius 3 is 2.68 bits per heavy atom. The summed E-state index contributed by atoms with van der Waals surface area (Å²) in [6.45, 7) is 4.55. The molecule has 2 aromatic carbocycles. The molecule has 1 aliphatic heterocycles. The standard InChI is InChI=1S/C20H19N3O3S2/c1-12-3-6-16(13(2)9-12)19-22-17(11-27-19)20(24)23-8-7-14-4-5-15(10-18(14)23)28(21,25)26/h3-6,9-11H,7-8H2,1-2H3,(H2,21,25,26). The number of nitrogens with zero attached hydrogens (tertiary/aromatic N) is 2. The monoisotopic (exact) mass is 413 g/mol. The molecular formula is C20H19N3O3S2. The van der Waals surface area contributed by atoms with Gasteiger partial charge in [-0.25, -0.2) is 18.5 Å². The van der Waals surface area contributed by atoms with E-state index in [0.717, 1.165) is 21.7 Å². The number of hydrogen-bond acceptors (Lipinski definition) is 5. The molecule has 1 aromatic heterocycles. The number of aromatic nitrogens is 1. The van der Waals surface area contributed by atoms with Crippen molar-refractivity contribution in [3.05, 3.63) is 64.2 Å². The van der Waals surface area contributed by atoms with Crippen molar-refractivity contribution in [2.24, 2.45) is 5.14 Å². The van der Waals surface area contributed by atoms with E-state index >= 15 is 0 Å². The molecule has 0 saturated carbocycles. The van der Waals surface area contributed by atoms with Crippen LogP contribution >= 0.6 is 11.3 Å². The van der Waals surface area contributed by atoms with Gasteiger partial charge >= 0.3 is 0 Å². The summed E-state index contributed by atoms with van der Waals surface area (Å²) < 4.78 is 23.3. The van der Waals surface area contributed by atoms with Crippen molar-refractivity contribution in [3.63, 3.8) is 0 Å². The van der Waals surface area contributed by atoms with Crippen molar-refractivity contribution in [1.29, 1.82) is 0 Å². The van der Waals surface area contributed by atoms with E-state index < -0.39 is 10.0 Å². The Labute approximate surface area is 167 Å². The predicted octanol–water partition coefficient (Wildman–Crippen LogP) is 3.28. The number of fused-ring (bicyclic) bond motifs is 1. The molecule has 2 N–H and O–H groups in total. The Bertz CT molecular complexity index is 1200. The Morgan fingerprint density at radius 2 is 1.96 bits per heavy atom. The summed E-state index contributed by atoms with van der Waals surface area (Å²) in [6.07, 6.45) is 0.667. The molecule has 0 unspecified atom stereocenters. The summed E-state index contributed by atoms with van der Waals surface area (Å²) >= 11 is 1.42. The maximum absolute atomic E-state index is 13.0. The predicted molar refractivity (Wildman–Crippen MR) is 110 cm³/mol. The van der Waals surface area contributed by atoms with Crippen molar-refractivity contribution in [1.82, 2.24) is 4.98 Å². The van der Waals surface area contributed by atoms with Gasteiger partial charge in [-0.15, -0.1) is 11.3 Å². The first-order valence-corrected chi connectivity index (χ1v) is 11.2. The summed E-state index contributed by atoms with van der Waals surface area (Å²) in [7, 11) is -3.83. The van der Waals surface area contributed by atoms with E-state index in [4.69, 9.17) is 5.14 Å². The van der Waals surface area contributed by atoms with Crippen LogP contribution in [0.15, 0.2) is 46.7 Å². The van der Waals surface area contributed by atoms with Gasteiger partial charge in [0.15, 0.2) is 0 Å². The van der Waals surface area contributed by atoms with Gasteiger partial charge in [-0.05, 0) is 43.5 Å². The molecule has 0 fully saturated rings. The molecule has 2 heterocycles. The van der Waals surface area contributed by atoms with Gasteiger partial charge in [-0.1, -0.05) is 29.8 Å². The smallest absolute Gasteiger partial charge is 0.277 e. The summed E-state index contributed by atoms with van der Waals surface area (Å²) in [5.74, 6) is -0.238. The molecule has 1 amide bonds. The fourth-order valence-electron chi connectivity index (χ4n) is 3.43. The van der Waals surface area contributed by atoms with Crippen molar-refractivity contribution < 1.29 is 13.2 Å². The molecule has 6 nitrogen and oxygen atoms in total. The van der Waals surface area contributed by atoms with Crippen molar-refractivity contribution >= 4 is 33.0 Å². The summed E-state index contributed by atoms with van der Waals surface area (Å²) in [5.41, 5.74) is 5.15. The van der Waals surface area contributed by atoms with Crippen LogP contribution in [0.1, 0.15) is 27.2 Å². The lowest BCUT2D eigenvalue weighted by atomic mass is 10.1. The van der Waals surface area contributed by atoms with Crippen LogP contribution in [0.3, 0.4) is 0 Å². The second-order valence-corrected chi connectivity index (χ2v) is 9.32. The molecule has 0 bridgehead atoms. The highest BCUT2D eigenvalue weighted by atomic mass is 32.2. The van der Waals surface area contributed by atoms with Crippen LogP contribution in [-0.4, -0.2) is 25.9 Å². The molecule has 1 aliphatic rings. The summed E-state index contributed by atoms with van der Waals surface area (Å²) in [4.78, 5) is 19.2. The molecule has 0 saturated heterocycles. The molecule has 4 rings (SSSR count). The lowest BCUT2D eigenvalue weighted by Crippen LogP contribution is -2.29. The number of thiazole rings is 1. The number of primary sulfonamides is 1. The van der Waals surface area contributed by atoms with E-state index in [-0.39, 0.29) is 10.8 Å². The molecular weight excluding hydrogens is 394 g/mol. The Kier molecular flexibility index (Phi) is 4.57. The molecule has 3 aromatic rings. The second kappa shape index (κ2) is 6.80. The SMILES string of the molecule is Cc1ccc(-c2nc(C(=O)N3CCc4ccc(S(N)(=O)=O)cc43)cs2)c(C)c1. The zero-order chi connectivity index (χ0) is 20.1. The van der Waals surface area contributed by atoms with Gasteiger partial charge in [0.25, 0.3) is 5.91 Å². The maximum atomic E-state index is 13.0. The van der Waals surface area contributed by atoms with Crippen molar-refractivity contribution in [2.75, 3.05) is 11.4 Å². The minimum absolute atomic E-state index is 0.000182. The summed E-state index contributed by atoms with van der Waals surface area (Å²) in [5, 5.41) is 7.77. The zero-order valence-corrected chi connectivity index (χ0v) is 17.1.